The highest BCUT2D eigenvalue weighted by Gasteiger charge is 2.30. The van der Waals surface area contributed by atoms with E-state index < -0.39 is 11.7 Å². The third-order valence-electron chi connectivity index (χ3n) is 4.95. The predicted octanol–water partition coefficient (Wildman–Crippen LogP) is 4.69. The van der Waals surface area contributed by atoms with E-state index >= 15 is 0 Å². The minimum atomic E-state index is -4.37. The van der Waals surface area contributed by atoms with Crippen molar-refractivity contribution in [3.05, 3.63) is 83.6 Å². The first kappa shape index (κ1) is 20.2. The number of anilines is 2. The van der Waals surface area contributed by atoms with Gasteiger partial charge in [0.15, 0.2) is 0 Å². The Morgan fingerprint density at radius 1 is 1.07 bits per heavy atom. The van der Waals surface area contributed by atoms with E-state index in [-0.39, 0.29) is 12.6 Å². The summed E-state index contributed by atoms with van der Waals surface area (Å²) in [7, 11) is 0. The molecule has 1 aliphatic heterocycles. The highest BCUT2D eigenvalue weighted by atomic mass is 19.4. The van der Waals surface area contributed by atoms with E-state index in [1.807, 2.05) is 24.3 Å². The maximum Gasteiger partial charge on any atom is 0.416 e. The number of rotatable bonds is 5. The fourth-order valence-corrected chi connectivity index (χ4v) is 3.46. The summed E-state index contributed by atoms with van der Waals surface area (Å²) < 4.78 is 44.4. The van der Waals surface area contributed by atoms with Gasteiger partial charge in [0.2, 0.25) is 5.95 Å². The average Bonchev–Trinajstić information content (AvgIpc) is 2.78. The standard InChI is InChI=1S/C22H21F3N4O/c23-22(24,25)18-8-4-5-16(13-18)14-27-21-26-10-9-20(28-21)29-11-12-30-15-19(29)17-6-2-1-3-7-17/h1-10,13,19H,11-12,14-15H2,(H,26,27,28). The minimum absolute atomic E-state index is 0.0335. The normalized spacial score (nSPS) is 17.0. The monoisotopic (exact) mass is 414 g/mol. The molecule has 2 aromatic carbocycles. The molecule has 1 atom stereocenters. The van der Waals surface area contributed by atoms with Gasteiger partial charge in [0.25, 0.3) is 0 Å². The summed E-state index contributed by atoms with van der Waals surface area (Å²) in [6.07, 6.45) is -2.72. The Labute approximate surface area is 172 Å². The van der Waals surface area contributed by atoms with Crippen LogP contribution < -0.4 is 10.2 Å². The van der Waals surface area contributed by atoms with Crippen molar-refractivity contribution in [3.8, 4) is 0 Å². The quantitative estimate of drug-likeness (QED) is 0.657. The molecule has 4 rings (SSSR count). The van der Waals surface area contributed by atoms with Crippen molar-refractivity contribution < 1.29 is 17.9 Å². The Morgan fingerprint density at radius 3 is 2.70 bits per heavy atom. The molecule has 0 bridgehead atoms. The molecule has 1 aliphatic rings. The van der Waals surface area contributed by atoms with Crippen LogP contribution in [0.1, 0.15) is 22.7 Å². The number of nitrogens with one attached hydrogen (secondary N) is 1. The molecule has 0 spiro atoms. The molecule has 0 aliphatic carbocycles. The largest absolute Gasteiger partial charge is 0.416 e. The maximum atomic E-state index is 12.9. The van der Waals surface area contributed by atoms with Gasteiger partial charge in [0.05, 0.1) is 24.8 Å². The summed E-state index contributed by atoms with van der Waals surface area (Å²) >= 11 is 0. The van der Waals surface area contributed by atoms with Crippen LogP contribution in [0.4, 0.5) is 24.9 Å². The molecule has 2 heterocycles. The fourth-order valence-electron chi connectivity index (χ4n) is 3.46. The van der Waals surface area contributed by atoms with Crippen molar-refractivity contribution in [1.82, 2.24) is 9.97 Å². The van der Waals surface area contributed by atoms with Gasteiger partial charge in [-0.3, -0.25) is 0 Å². The van der Waals surface area contributed by atoms with Gasteiger partial charge in [0, 0.05) is 19.3 Å². The van der Waals surface area contributed by atoms with Crippen LogP contribution in [-0.4, -0.2) is 29.7 Å². The van der Waals surface area contributed by atoms with E-state index in [1.165, 1.54) is 6.07 Å². The summed E-state index contributed by atoms with van der Waals surface area (Å²) in [5.74, 6) is 1.11. The lowest BCUT2D eigenvalue weighted by Crippen LogP contribution is -2.40. The van der Waals surface area contributed by atoms with Crippen LogP contribution in [0.2, 0.25) is 0 Å². The molecule has 0 saturated carbocycles. The number of alkyl halides is 3. The SMILES string of the molecule is FC(F)(F)c1cccc(CNc2nccc(N3CCOCC3c3ccccc3)n2)c1. The Balaban J connectivity index is 1.50. The van der Waals surface area contributed by atoms with Gasteiger partial charge < -0.3 is 15.0 Å². The first-order chi connectivity index (χ1) is 14.5. The number of benzene rings is 2. The van der Waals surface area contributed by atoms with Gasteiger partial charge in [-0.25, -0.2) is 4.98 Å². The zero-order valence-electron chi connectivity index (χ0n) is 16.1. The molecule has 30 heavy (non-hydrogen) atoms. The molecule has 156 valence electrons. The van der Waals surface area contributed by atoms with Gasteiger partial charge in [0.1, 0.15) is 5.82 Å². The van der Waals surface area contributed by atoms with E-state index in [1.54, 1.807) is 12.3 Å². The first-order valence-corrected chi connectivity index (χ1v) is 9.63. The van der Waals surface area contributed by atoms with Gasteiger partial charge in [-0.05, 0) is 29.3 Å². The minimum Gasteiger partial charge on any atom is -0.377 e. The number of nitrogens with zero attached hydrogens (tertiary/aromatic N) is 3. The van der Waals surface area contributed by atoms with E-state index in [0.29, 0.717) is 31.3 Å². The smallest absolute Gasteiger partial charge is 0.377 e. The zero-order valence-corrected chi connectivity index (χ0v) is 16.1. The maximum absolute atomic E-state index is 12.9. The van der Waals surface area contributed by atoms with Crippen LogP contribution in [0, 0.1) is 0 Å². The molecular formula is C22H21F3N4O. The third kappa shape index (κ3) is 4.71. The van der Waals surface area contributed by atoms with Gasteiger partial charge >= 0.3 is 6.18 Å². The second-order valence-electron chi connectivity index (χ2n) is 6.98. The molecular weight excluding hydrogens is 393 g/mol. The molecule has 1 aromatic heterocycles. The Kier molecular flexibility index (Phi) is 5.85. The van der Waals surface area contributed by atoms with Crippen molar-refractivity contribution in [2.45, 2.75) is 18.8 Å². The van der Waals surface area contributed by atoms with Crippen LogP contribution in [0.3, 0.4) is 0 Å². The molecule has 0 amide bonds. The van der Waals surface area contributed by atoms with Crippen LogP contribution >= 0.6 is 0 Å². The van der Waals surface area contributed by atoms with Crippen LogP contribution in [0.5, 0.6) is 0 Å². The molecule has 3 aromatic rings. The Bertz CT molecular complexity index is 981. The zero-order chi connectivity index (χ0) is 21.0. The number of hydrogen-bond acceptors (Lipinski definition) is 5. The van der Waals surface area contributed by atoms with E-state index in [2.05, 4.69) is 32.3 Å². The highest BCUT2D eigenvalue weighted by molar-refractivity contribution is 5.46. The Hall–Kier alpha value is -3.13. The van der Waals surface area contributed by atoms with Crippen LogP contribution in [0.25, 0.3) is 0 Å². The molecule has 1 saturated heterocycles. The van der Waals surface area contributed by atoms with Crippen molar-refractivity contribution in [2.24, 2.45) is 0 Å². The lowest BCUT2D eigenvalue weighted by Gasteiger charge is -2.36. The number of halogens is 3. The van der Waals surface area contributed by atoms with Crippen LogP contribution in [0.15, 0.2) is 66.9 Å². The number of aromatic nitrogens is 2. The summed E-state index contributed by atoms with van der Waals surface area (Å²) in [5.41, 5.74) is 0.970. The lowest BCUT2D eigenvalue weighted by atomic mass is 10.1. The van der Waals surface area contributed by atoms with Crippen molar-refractivity contribution in [3.63, 3.8) is 0 Å². The van der Waals surface area contributed by atoms with Gasteiger partial charge in [-0.2, -0.15) is 18.2 Å². The van der Waals surface area contributed by atoms with Gasteiger partial charge in [-0.15, -0.1) is 0 Å². The molecule has 0 radical (unpaired) electrons. The average molecular weight is 414 g/mol. The fraction of sp³-hybridized carbons (Fsp3) is 0.273. The second-order valence-corrected chi connectivity index (χ2v) is 6.98. The summed E-state index contributed by atoms with van der Waals surface area (Å²) in [5, 5.41) is 3.03. The number of ether oxygens (including phenoxy) is 1. The van der Waals surface area contributed by atoms with Crippen molar-refractivity contribution in [1.29, 1.82) is 0 Å². The first-order valence-electron chi connectivity index (χ1n) is 9.63. The highest BCUT2D eigenvalue weighted by Crippen LogP contribution is 2.30. The van der Waals surface area contributed by atoms with Gasteiger partial charge in [-0.1, -0.05) is 42.5 Å². The predicted molar refractivity (Wildman–Crippen MR) is 108 cm³/mol. The summed E-state index contributed by atoms with van der Waals surface area (Å²) in [6.45, 7) is 2.03. The Morgan fingerprint density at radius 2 is 1.90 bits per heavy atom. The summed E-state index contributed by atoms with van der Waals surface area (Å²) in [6, 6.07) is 17.2. The van der Waals surface area contributed by atoms with E-state index in [0.717, 1.165) is 23.5 Å². The summed E-state index contributed by atoms with van der Waals surface area (Å²) in [4.78, 5) is 11.0. The second kappa shape index (κ2) is 8.71. The lowest BCUT2D eigenvalue weighted by molar-refractivity contribution is -0.137. The molecule has 1 N–H and O–H groups in total. The van der Waals surface area contributed by atoms with Crippen LogP contribution in [-0.2, 0) is 17.5 Å². The van der Waals surface area contributed by atoms with E-state index in [4.69, 9.17) is 4.74 Å². The molecule has 1 unspecified atom stereocenters. The third-order valence-corrected chi connectivity index (χ3v) is 4.95. The molecule has 1 fully saturated rings. The topological polar surface area (TPSA) is 50.3 Å². The molecule has 8 heteroatoms. The van der Waals surface area contributed by atoms with Crippen molar-refractivity contribution >= 4 is 11.8 Å². The van der Waals surface area contributed by atoms with Crippen molar-refractivity contribution in [2.75, 3.05) is 30.0 Å². The van der Waals surface area contributed by atoms with E-state index in [9.17, 15) is 13.2 Å². The number of hydrogen-bond donors (Lipinski definition) is 1. The molecule has 5 nitrogen and oxygen atoms in total. The number of morpholine rings is 1.